The molecule has 0 atom stereocenters. The zero-order chi connectivity index (χ0) is 10.7. The van der Waals surface area contributed by atoms with Crippen LogP contribution in [-0.4, -0.2) is 20.4 Å². The molecule has 0 amide bonds. The number of aromatic nitrogens is 3. The Hall–Kier alpha value is -1.82. The van der Waals surface area contributed by atoms with E-state index in [0.717, 1.165) is 0 Å². The van der Waals surface area contributed by atoms with Gasteiger partial charge in [-0.1, -0.05) is 4.49 Å². The van der Waals surface area contributed by atoms with Crippen molar-refractivity contribution in [3.8, 4) is 0 Å². The van der Waals surface area contributed by atoms with Crippen molar-refractivity contribution in [3.05, 3.63) is 35.1 Å². The molecule has 5 nitrogen and oxygen atoms in total. The lowest BCUT2D eigenvalue weighted by atomic mass is 10.1. The summed E-state index contributed by atoms with van der Waals surface area (Å²) in [6, 6.07) is 3.26. The molecule has 0 fully saturated rings. The van der Waals surface area contributed by atoms with Crippen LogP contribution in [0.4, 0.5) is 5.69 Å². The lowest BCUT2D eigenvalue weighted by Crippen LogP contribution is -2.06. The van der Waals surface area contributed by atoms with Gasteiger partial charge in [0, 0.05) is 5.38 Å². The van der Waals surface area contributed by atoms with E-state index in [-0.39, 0.29) is 12.2 Å². The van der Waals surface area contributed by atoms with Gasteiger partial charge in [0.2, 0.25) is 0 Å². The summed E-state index contributed by atoms with van der Waals surface area (Å²) in [5, 5.41) is 5.54. The van der Waals surface area contributed by atoms with E-state index in [9.17, 15) is 4.79 Å². The molecule has 2 heterocycles. The maximum atomic E-state index is 11.7. The highest BCUT2D eigenvalue weighted by Crippen LogP contribution is 2.06. The molecule has 0 spiro atoms. The third-order valence-corrected chi connectivity index (χ3v) is 2.37. The minimum Gasteiger partial charge on any atom is -0.397 e. The maximum Gasteiger partial charge on any atom is 0.187 e. The first kappa shape index (κ1) is 9.72. The van der Waals surface area contributed by atoms with Crippen LogP contribution in [0.25, 0.3) is 0 Å². The molecule has 0 saturated heterocycles. The maximum absolute atomic E-state index is 11.7. The van der Waals surface area contributed by atoms with Crippen molar-refractivity contribution in [1.82, 2.24) is 14.6 Å². The number of carbonyl (C=O) groups is 1. The highest BCUT2D eigenvalue weighted by atomic mass is 32.1. The fourth-order valence-electron chi connectivity index (χ4n) is 1.09. The summed E-state index contributed by atoms with van der Waals surface area (Å²) in [5.74, 6) is -0.0808. The van der Waals surface area contributed by atoms with Gasteiger partial charge < -0.3 is 5.73 Å². The number of ketones is 1. The summed E-state index contributed by atoms with van der Waals surface area (Å²) in [7, 11) is 0. The number of Topliss-reactive ketones (excluding diaryl/α,β-unsaturated/α-hetero) is 1. The zero-order valence-corrected chi connectivity index (χ0v) is 8.57. The highest BCUT2D eigenvalue weighted by molar-refractivity contribution is 7.03. The van der Waals surface area contributed by atoms with Crippen LogP contribution in [0.15, 0.2) is 23.7 Å². The number of anilines is 1. The van der Waals surface area contributed by atoms with Crippen molar-refractivity contribution in [2.45, 2.75) is 6.42 Å². The Labute approximate surface area is 90.1 Å². The summed E-state index contributed by atoms with van der Waals surface area (Å²) in [6.45, 7) is 0. The molecule has 0 radical (unpaired) electrons. The van der Waals surface area contributed by atoms with Crippen LogP contribution in [0.5, 0.6) is 0 Å². The number of nitrogens with two attached hydrogens (primary N) is 1. The molecule has 0 aliphatic rings. The topological polar surface area (TPSA) is 81.8 Å². The van der Waals surface area contributed by atoms with Crippen molar-refractivity contribution in [1.29, 1.82) is 0 Å². The zero-order valence-electron chi connectivity index (χ0n) is 7.75. The fourth-order valence-corrected chi connectivity index (χ4v) is 1.54. The number of hydrogen-bond donors (Lipinski definition) is 1. The average molecular weight is 220 g/mol. The number of carbonyl (C=O) groups excluding carboxylic acids is 1. The van der Waals surface area contributed by atoms with Gasteiger partial charge in [-0.2, -0.15) is 0 Å². The SMILES string of the molecule is Nc1ccc(C(=O)Cc2csnn2)nc1. The molecule has 0 aliphatic heterocycles. The van der Waals surface area contributed by atoms with E-state index in [2.05, 4.69) is 14.6 Å². The Morgan fingerprint density at radius 1 is 1.47 bits per heavy atom. The number of pyridine rings is 1. The Kier molecular flexibility index (Phi) is 2.68. The molecule has 15 heavy (non-hydrogen) atoms. The fraction of sp³-hybridized carbons (Fsp3) is 0.111. The molecule has 6 heteroatoms. The first-order valence-corrected chi connectivity index (χ1v) is 5.10. The number of nitrogens with zero attached hydrogens (tertiary/aromatic N) is 3. The number of hydrogen-bond acceptors (Lipinski definition) is 6. The Morgan fingerprint density at radius 3 is 2.93 bits per heavy atom. The Balaban J connectivity index is 2.11. The number of nitrogen functional groups attached to an aromatic ring is 1. The van der Waals surface area contributed by atoms with Gasteiger partial charge >= 0.3 is 0 Å². The summed E-state index contributed by atoms with van der Waals surface area (Å²) in [6.07, 6.45) is 1.69. The second-order valence-corrected chi connectivity index (χ2v) is 3.58. The minimum absolute atomic E-state index is 0.0808. The van der Waals surface area contributed by atoms with Crippen LogP contribution in [0, 0.1) is 0 Å². The summed E-state index contributed by atoms with van der Waals surface area (Å²) >= 11 is 1.23. The quantitative estimate of drug-likeness (QED) is 0.778. The Bertz CT molecular complexity index is 451. The van der Waals surface area contributed by atoms with Crippen molar-refractivity contribution in [3.63, 3.8) is 0 Å². The highest BCUT2D eigenvalue weighted by Gasteiger charge is 2.09. The molecule has 0 unspecified atom stereocenters. The molecular weight excluding hydrogens is 212 g/mol. The lowest BCUT2D eigenvalue weighted by molar-refractivity contribution is 0.0987. The van der Waals surface area contributed by atoms with Gasteiger partial charge in [0.25, 0.3) is 0 Å². The third kappa shape index (κ3) is 2.35. The molecule has 2 rings (SSSR count). The second-order valence-electron chi connectivity index (χ2n) is 2.97. The summed E-state index contributed by atoms with van der Waals surface area (Å²) < 4.78 is 3.68. The van der Waals surface area contributed by atoms with E-state index in [1.54, 1.807) is 17.5 Å². The van der Waals surface area contributed by atoms with E-state index >= 15 is 0 Å². The van der Waals surface area contributed by atoms with Crippen molar-refractivity contribution < 1.29 is 4.79 Å². The Morgan fingerprint density at radius 2 is 2.33 bits per heavy atom. The summed E-state index contributed by atoms with van der Waals surface area (Å²) in [4.78, 5) is 15.6. The first-order valence-electron chi connectivity index (χ1n) is 4.26. The molecule has 0 bridgehead atoms. The van der Waals surface area contributed by atoms with Crippen LogP contribution >= 0.6 is 11.5 Å². The first-order chi connectivity index (χ1) is 7.25. The van der Waals surface area contributed by atoms with E-state index in [0.29, 0.717) is 17.1 Å². The van der Waals surface area contributed by atoms with Gasteiger partial charge in [-0.05, 0) is 23.7 Å². The van der Waals surface area contributed by atoms with Gasteiger partial charge in [-0.15, -0.1) is 5.10 Å². The van der Waals surface area contributed by atoms with Gasteiger partial charge in [0.15, 0.2) is 5.78 Å². The molecule has 76 valence electrons. The predicted molar refractivity (Wildman–Crippen MR) is 56.6 cm³/mol. The van der Waals surface area contributed by atoms with Gasteiger partial charge in [0.1, 0.15) is 5.69 Å². The van der Waals surface area contributed by atoms with Crippen LogP contribution < -0.4 is 5.73 Å². The molecule has 2 N–H and O–H groups in total. The van der Waals surface area contributed by atoms with Crippen molar-refractivity contribution >= 4 is 23.0 Å². The van der Waals surface area contributed by atoms with Crippen molar-refractivity contribution in [2.75, 3.05) is 5.73 Å². The van der Waals surface area contributed by atoms with Crippen LogP contribution in [-0.2, 0) is 6.42 Å². The molecule has 2 aromatic heterocycles. The molecule has 0 aromatic carbocycles. The standard InChI is InChI=1S/C9H8N4OS/c10-6-1-2-8(11-4-6)9(14)3-7-5-15-13-12-7/h1-2,4-5H,3,10H2. The molecule has 2 aromatic rings. The monoisotopic (exact) mass is 220 g/mol. The average Bonchev–Trinajstić information content (AvgIpc) is 2.71. The molecule has 0 aliphatic carbocycles. The van der Waals surface area contributed by atoms with E-state index in [4.69, 9.17) is 5.73 Å². The smallest absolute Gasteiger partial charge is 0.187 e. The van der Waals surface area contributed by atoms with Gasteiger partial charge in [-0.3, -0.25) is 9.78 Å². The normalized spacial score (nSPS) is 10.1. The second kappa shape index (κ2) is 4.14. The molecule has 0 saturated carbocycles. The van der Waals surface area contributed by atoms with E-state index < -0.39 is 0 Å². The van der Waals surface area contributed by atoms with Gasteiger partial charge in [-0.25, -0.2) is 0 Å². The van der Waals surface area contributed by atoms with Gasteiger partial charge in [0.05, 0.1) is 24.0 Å². The number of rotatable bonds is 3. The minimum atomic E-state index is -0.0808. The summed E-state index contributed by atoms with van der Waals surface area (Å²) in [5.41, 5.74) is 7.08. The van der Waals surface area contributed by atoms with Crippen LogP contribution in [0.2, 0.25) is 0 Å². The van der Waals surface area contributed by atoms with Crippen LogP contribution in [0.3, 0.4) is 0 Å². The third-order valence-electron chi connectivity index (χ3n) is 1.82. The van der Waals surface area contributed by atoms with E-state index in [1.165, 1.54) is 17.7 Å². The van der Waals surface area contributed by atoms with Crippen molar-refractivity contribution in [2.24, 2.45) is 0 Å². The molecular formula is C9H8N4OS. The van der Waals surface area contributed by atoms with E-state index in [1.807, 2.05) is 0 Å². The van der Waals surface area contributed by atoms with Crippen LogP contribution in [0.1, 0.15) is 16.2 Å². The largest absolute Gasteiger partial charge is 0.397 e. The lowest BCUT2D eigenvalue weighted by Gasteiger charge is -1.97. The predicted octanol–water partition coefficient (Wildman–Crippen LogP) is 0.941.